The molecule has 0 spiro atoms. The third-order valence-electron chi connectivity index (χ3n) is 2.44. The van der Waals surface area contributed by atoms with Crippen LogP contribution < -0.4 is 5.73 Å². The van der Waals surface area contributed by atoms with Crippen molar-refractivity contribution in [2.75, 3.05) is 5.73 Å². The van der Waals surface area contributed by atoms with Gasteiger partial charge < -0.3 is 5.73 Å². The van der Waals surface area contributed by atoms with E-state index in [0.29, 0.717) is 12.2 Å². The molecule has 0 aromatic carbocycles. The van der Waals surface area contributed by atoms with Crippen molar-refractivity contribution in [1.82, 2.24) is 15.0 Å². The van der Waals surface area contributed by atoms with Gasteiger partial charge in [-0.25, -0.2) is 9.97 Å². The summed E-state index contributed by atoms with van der Waals surface area (Å²) < 4.78 is 0. The highest BCUT2D eigenvalue weighted by Gasteiger charge is 2.03. The summed E-state index contributed by atoms with van der Waals surface area (Å²) in [6.45, 7) is 2.12. The molecule has 4 heteroatoms. The number of anilines is 1. The Balaban J connectivity index is 2.21. The van der Waals surface area contributed by atoms with Gasteiger partial charge in [0.05, 0.1) is 0 Å². The molecule has 2 aromatic rings. The molecule has 0 saturated carbocycles. The summed E-state index contributed by atoms with van der Waals surface area (Å²) in [6, 6.07) is 5.77. The lowest BCUT2D eigenvalue weighted by Crippen LogP contribution is -2.04. The van der Waals surface area contributed by atoms with Crippen LogP contribution in [0.1, 0.15) is 30.4 Å². The first-order valence-corrected chi connectivity index (χ1v) is 5.79. The van der Waals surface area contributed by atoms with E-state index in [9.17, 15) is 0 Å². The first kappa shape index (κ1) is 11.5. The fourth-order valence-electron chi connectivity index (χ4n) is 1.72. The lowest BCUT2D eigenvalue weighted by molar-refractivity contribution is 0.843. The SMILES string of the molecule is CCCc1cc(N)nc(Cc2cccnc2)n1. The van der Waals surface area contributed by atoms with E-state index in [1.165, 1.54) is 0 Å². The summed E-state index contributed by atoms with van der Waals surface area (Å²) in [5.74, 6) is 1.31. The predicted molar refractivity (Wildman–Crippen MR) is 67.5 cm³/mol. The minimum absolute atomic E-state index is 0.544. The Kier molecular flexibility index (Phi) is 3.65. The third kappa shape index (κ3) is 3.24. The zero-order chi connectivity index (χ0) is 12.1. The Labute approximate surface area is 101 Å². The van der Waals surface area contributed by atoms with E-state index < -0.39 is 0 Å². The van der Waals surface area contributed by atoms with Crippen molar-refractivity contribution in [1.29, 1.82) is 0 Å². The van der Waals surface area contributed by atoms with Gasteiger partial charge in [0, 0.05) is 30.6 Å². The van der Waals surface area contributed by atoms with E-state index in [2.05, 4.69) is 21.9 Å². The molecule has 2 aromatic heterocycles. The molecule has 2 rings (SSSR count). The molecule has 0 radical (unpaired) electrons. The second kappa shape index (κ2) is 5.39. The van der Waals surface area contributed by atoms with E-state index in [-0.39, 0.29) is 0 Å². The molecule has 2 heterocycles. The van der Waals surface area contributed by atoms with Crippen molar-refractivity contribution in [3.05, 3.63) is 47.7 Å². The Hall–Kier alpha value is -1.97. The van der Waals surface area contributed by atoms with Crippen LogP contribution in [0.2, 0.25) is 0 Å². The number of hydrogen-bond donors (Lipinski definition) is 1. The molecule has 0 aliphatic carbocycles. The van der Waals surface area contributed by atoms with Gasteiger partial charge >= 0.3 is 0 Å². The zero-order valence-electron chi connectivity index (χ0n) is 9.93. The zero-order valence-corrected chi connectivity index (χ0v) is 9.93. The molecule has 0 aliphatic rings. The Morgan fingerprint density at radius 1 is 1.29 bits per heavy atom. The fourth-order valence-corrected chi connectivity index (χ4v) is 1.72. The monoisotopic (exact) mass is 228 g/mol. The maximum Gasteiger partial charge on any atom is 0.135 e. The molecule has 17 heavy (non-hydrogen) atoms. The van der Waals surface area contributed by atoms with Crippen LogP contribution in [0.5, 0.6) is 0 Å². The highest BCUT2D eigenvalue weighted by Crippen LogP contribution is 2.09. The molecule has 4 nitrogen and oxygen atoms in total. The van der Waals surface area contributed by atoms with Gasteiger partial charge in [-0.15, -0.1) is 0 Å². The number of rotatable bonds is 4. The normalized spacial score (nSPS) is 10.4. The van der Waals surface area contributed by atoms with E-state index >= 15 is 0 Å². The highest BCUT2D eigenvalue weighted by molar-refractivity contribution is 5.31. The molecule has 0 amide bonds. The average molecular weight is 228 g/mol. The maximum atomic E-state index is 5.78. The van der Waals surface area contributed by atoms with E-state index in [1.54, 1.807) is 6.20 Å². The van der Waals surface area contributed by atoms with Crippen LogP contribution in [-0.4, -0.2) is 15.0 Å². The van der Waals surface area contributed by atoms with Crippen molar-refractivity contribution in [3.8, 4) is 0 Å². The molecule has 88 valence electrons. The van der Waals surface area contributed by atoms with E-state index in [0.717, 1.165) is 29.9 Å². The molecule has 0 atom stereocenters. The van der Waals surface area contributed by atoms with Gasteiger partial charge in [-0.2, -0.15) is 0 Å². The number of aryl methyl sites for hydroxylation is 1. The number of nitrogens with zero attached hydrogens (tertiary/aromatic N) is 3. The predicted octanol–water partition coefficient (Wildman–Crippen LogP) is 2.00. The van der Waals surface area contributed by atoms with Gasteiger partial charge in [0.15, 0.2) is 0 Å². The standard InChI is InChI=1S/C13H16N4/c1-2-4-11-8-12(14)17-13(16-11)7-10-5-3-6-15-9-10/h3,5-6,8-9H,2,4,7H2,1H3,(H2,14,16,17). The van der Waals surface area contributed by atoms with Gasteiger partial charge in [-0.05, 0) is 18.1 Å². The topological polar surface area (TPSA) is 64.7 Å². The van der Waals surface area contributed by atoms with E-state index in [4.69, 9.17) is 5.73 Å². The summed E-state index contributed by atoms with van der Waals surface area (Å²) in [7, 11) is 0. The van der Waals surface area contributed by atoms with Crippen LogP contribution in [0.15, 0.2) is 30.6 Å². The van der Waals surface area contributed by atoms with Crippen LogP contribution in [-0.2, 0) is 12.8 Å². The number of hydrogen-bond acceptors (Lipinski definition) is 4. The number of nitrogens with two attached hydrogens (primary N) is 1. The lowest BCUT2D eigenvalue weighted by Gasteiger charge is -2.04. The molecular formula is C13H16N4. The van der Waals surface area contributed by atoms with Gasteiger partial charge in [0.2, 0.25) is 0 Å². The van der Waals surface area contributed by atoms with Crippen LogP contribution in [0, 0.1) is 0 Å². The largest absolute Gasteiger partial charge is 0.384 e. The van der Waals surface area contributed by atoms with Crippen LogP contribution in [0.25, 0.3) is 0 Å². The van der Waals surface area contributed by atoms with Crippen molar-refractivity contribution >= 4 is 5.82 Å². The average Bonchev–Trinajstić information content (AvgIpc) is 2.30. The van der Waals surface area contributed by atoms with E-state index in [1.807, 2.05) is 24.4 Å². The third-order valence-corrected chi connectivity index (χ3v) is 2.44. The van der Waals surface area contributed by atoms with Crippen molar-refractivity contribution in [2.24, 2.45) is 0 Å². The molecule has 0 aliphatic heterocycles. The van der Waals surface area contributed by atoms with Crippen molar-refractivity contribution < 1.29 is 0 Å². The highest BCUT2D eigenvalue weighted by atomic mass is 14.9. The van der Waals surface area contributed by atoms with Gasteiger partial charge in [0.1, 0.15) is 11.6 Å². The Bertz CT molecular complexity index is 482. The minimum Gasteiger partial charge on any atom is -0.384 e. The van der Waals surface area contributed by atoms with Crippen LogP contribution in [0.3, 0.4) is 0 Å². The molecule has 0 saturated heterocycles. The minimum atomic E-state index is 0.544. The quantitative estimate of drug-likeness (QED) is 0.869. The fraction of sp³-hybridized carbons (Fsp3) is 0.308. The summed E-state index contributed by atoms with van der Waals surface area (Å²) in [5, 5.41) is 0. The summed E-state index contributed by atoms with van der Waals surface area (Å²) in [4.78, 5) is 12.8. The second-order valence-electron chi connectivity index (χ2n) is 3.99. The van der Waals surface area contributed by atoms with Gasteiger partial charge in [-0.3, -0.25) is 4.98 Å². The Morgan fingerprint density at radius 2 is 2.18 bits per heavy atom. The van der Waals surface area contributed by atoms with Gasteiger partial charge in [-0.1, -0.05) is 19.4 Å². The number of nitrogen functional groups attached to an aromatic ring is 1. The lowest BCUT2D eigenvalue weighted by atomic mass is 10.2. The molecule has 0 unspecified atom stereocenters. The first-order valence-electron chi connectivity index (χ1n) is 5.79. The first-order chi connectivity index (χ1) is 8.28. The van der Waals surface area contributed by atoms with Crippen LogP contribution in [0.4, 0.5) is 5.82 Å². The van der Waals surface area contributed by atoms with Crippen LogP contribution >= 0.6 is 0 Å². The smallest absolute Gasteiger partial charge is 0.135 e. The van der Waals surface area contributed by atoms with Crippen molar-refractivity contribution in [3.63, 3.8) is 0 Å². The Morgan fingerprint density at radius 3 is 2.88 bits per heavy atom. The second-order valence-corrected chi connectivity index (χ2v) is 3.99. The number of aromatic nitrogens is 3. The molecular weight excluding hydrogens is 212 g/mol. The summed E-state index contributed by atoms with van der Waals surface area (Å²) in [6.07, 6.45) is 6.25. The summed E-state index contributed by atoms with van der Waals surface area (Å²) >= 11 is 0. The van der Waals surface area contributed by atoms with Gasteiger partial charge in [0.25, 0.3) is 0 Å². The summed E-state index contributed by atoms with van der Waals surface area (Å²) in [5.41, 5.74) is 7.89. The van der Waals surface area contributed by atoms with Crippen molar-refractivity contribution in [2.45, 2.75) is 26.2 Å². The molecule has 0 fully saturated rings. The molecule has 2 N–H and O–H groups in total. The maximum absolute atomic E-state index is 5.78. The number of pyridine rings is 1. The molecule has 0 bridgehead atoms.